The van der Waals surface area contributed by atoms with E-state index >= 15 is 0 Å². The van der Waals surface area contributed by atoms with Gasteiger partial charge in [0.2, 0.25) is 0 Å². The summed E-state index contributed by atoms with van der Waals surface area (Å²) in [6, 6.07) is 6.19. The van der Waals surface area contributed by atoms with E-state index in [1.807, 2.05) is 6.07 Å². The van der Waals surface area contributed by atoms with Crippen LogP contribution >= 0.6 is 0 Å². The van der Waals surface area contributed by atoms with Crippen molar-refractivity contribution in [3.8, 4) is 11.5 Å². The van der Waals surface area contributed by atoms with Crippen LogP contribution in [0.4, 0.5) is 0 Å². The van der Waals surface area contributed by atoms with Crippen LogP contribution in [0, 0.1) is 5.92 Å². The highest BCUT2D eigenvalue weighted by atomic mass is 16.5. The van der Waals surface area contributed by atoms with Crippen molar-refractivity contribution in [1.82, 2.24) is 5.32 Å². The van der Waals surface area contributed by atoms with E-state index in [9.17, 15) is 0 Å². The quantitative estimate of drug-likeness (QED) is 0.180. The number of benzene rings is 1. The van der Waals surface area contributed by atoms with Gasteiger partial charge in [-0.2, -0.15) is 0 Å². The number of unbranched alkanes of at least 4 members (excludes halogenated alkanes) is 13. The van der Waals surface area contributed by atoms with E-state index in [-0.39, 0.29) is 0 Å². The Balaban J connectivity index is 2.04. The van der Waals surface area contributed by atoms with Gasteiger partial charge in [0.15, 0.2) is 11.5 Å². The lowest BCUT2D eigenvalue weighted by molar-refractivity contribution is 0.269. The summed E-state index contributed by atoms with van der Waals surface area (Å²) in [4.78, 5) is 0. The molecule has 0 radical (unpaired) electrons. The highest BCUT2D eigenvalue weighted by Crippen LogP contribution is 2.31. The Bertz CT molecular complexity index is 544. The van der Waals surface area contributed by atoms with Crippen molar-refractivity contribution in [3.05, 3.63) is 23.8 Å². The van der Waals surface area contributed by atoms with Gasteiger partial charge < -0.3 is 14.8 Å². The Morgan fingerprint density at radius 1 is 0.781 bits per heavy atom. The molecule has 1 N–H and O–H groups in total. The summed E-state index contributed by atoms with van der Waals surface area (Å²) in [5.41, 5.74) is 1.19. The Morgan fingerprint density at radius 2 is 1.34 bits per heavy atom. The molecular formula is C29H53NO2. The van der Waals surface area contributed by atoms with Crippen molar-refractivity contribution in [2.24, 2.45) is 5.92 Å². The molecule has 0 unspecified atom stereocenters. The first-order valence-corrected chi connectivity index (χ1v) is 13.7. The van der Waals surface area contributed by atoms with E-state index in [0.717, 1.165) is 37.6 Å². The number of ether oxygens (including phenoxy) is 2. The molecule has 0 saturated heterocycles. The maximum atomic E-state index is 6.08. The number of methoxy groups -OCH3 is 1. The van der Waals surface area contributed by atoms with Crippen LogP contribution in [-0.2, 0) is 6.54 Å². The average Bonchev–Trinajstić information content (AvgIpc) is 2.79. The largest absolute Gasteiger partial charge is 0.493 e. The summed E-state index contributed by atoms with van der Waals surface area (Å²) in [6.45, 7) is 9.39. The molecular weight excluding hydrogens is 394 g/mol. The molecule has 32 heavy (non-hydrogen) atoms. The Kier molecular flexibility index (Phi) is 18.4. The number of hydrogen-bond acceptors (Lipinski definition) is 3. The van der Waals surface area contributed by atoms with Gasteiger partial charge in [0.25, 0.3) is 0 Å². The zero-order chi connectivity index (χ0) is 23.3. The van der Waals surface area contributed by atoms with Gasteiger partial charge in [0.1, 0.15) is 0 Å². The van der Waals surface area contributed by atoms with Gasteiger partial charge in [-0.05, 0) is 31.4 Å². The van der Waals surface area contributed by atoms with Gasteiger partial charge in [-0.15, -0.1) is 0 Å². The van der Waals surface area contributed by atoms with E-state index in [2.05, 4.69) is 38.2 Å². The van der Waals surface area contributed by atoms with Crippen molar-refractivity contribution in [2.75, 3.05) is 20.3 Å². The second-order valence-electron chi connectivity index (χ2n) is 9.75. The fraction of sp³-hybridized carbons (Fsp3) is 0.793. The smallest absolute Gasteiger partial charge is 0.165 e. The molecule has 0 aliphatic carbocycles. The molecule has 1 aromatic carbocycles. The molecule has 3 nitrogen and oxygen atoms in total. The van der Waals surface area contributed by atoms with E-state index < -0.39 is 0 Å². The lowest BCUT2D eigenvalue weighted by Gasteiger charge is -2.16. The summed E-state index contributed by atoms with van der Waals surface area (Å²) < 4.78 is 11.6. The second kappa shape index (κ2) is 20.4. The Labute approximate surface area is 200 Å². The van der Waals surface area contributed by atoms with Gasteiger partial charge in [-0.3, -0.25) is 0 Å². The molecule has 0 amide bonds. The van der Waals surface area contributed by atoms with Crippen LogP contribution < -0.4 is 14.8 Å². The lowest BCUT2D eigenvalue weighted by atomic mass is 10.0. The molecule has 186 valence electrons. The van der Waals surface area contributed by atoms with Gasteiger partial charge in [0.05, 0.1) is 13.7 Å². The van der Waals surface area contributed by atoms with Crippen LogP contribution in [0.25, 0.3) is 0 Å². The van der Waals surface area contributed by atoms with Crippen molar-refractivity contribution in [1.29, 1.82) is 0 Å². The normalized spacial score (nSPS) is 11.3. The maximum Gasteiger partial charge on any atom is 0.165 e. The van der Waals surface area contributed by atoms with Gasteiger partial charge in [-0.1, -0.05) is 116 Å². The van der Waals surface area contributed by atoms with Gasteiger partial charge in [0, 0.05) is 12.1 Å². The molecule has 0 aromatic heterocycles. The first kappa shape index (κ1) is 28.8. The minimum Gasteiger partial charge on any atom is -0.493 e. The van der Waals surface area contributed by atoms with Crippen LogP contribution in [0.15, 0.2) is 18.2 Å². The lowest BCUT2D eigenvalue weighted by Crippen LogP contribution is -2.16. The third kappa shape index (κ3) is 14.8. The molecule has 0 fully saturated rings. The van der Waals surface area contributed by atoms with Crippen LogP contribution in [-0.4, -0.2) is 20.3 Å². The monoisotopic (exact) mass is 447 g/mol. The molecule has 0 aliphatic rings. The summed E-state index contributed by atoms with van der Waals surface area (Å²) in [7, 11) is 1.72. The molecule has 0 bridgehead atoms. The summed E-state index contributed by atoms with van der Waals surface area (Å²) in [5, 5.41) is 3.60. The molecule has 0 heterocycles. The van der Waals surface area contributed by atoms with Crippen molar-refractivity contribution in [3.63, 3.8) is 0 Å². The fourth-order valence-corrected chi connectivity index (χ4v) is 4.09. The van der Waals surface area contributed by atoms with Crippen LogP contribution in [0.3, 0.4) is 0 Å². The van der Waals surface area contributed by atoms with Crippen molar-refractivity contribution < 1.29 is 9.47 Å². The SMILES string of the molecule is CCCCCCCCCCCCCCCCNCc1cccc(OC)c1OCCC(C)C. The Morgan fingerprint density at radius 3 is 1.88 bits per heavy atom. The first-order valence-electron chi connectivity index (χ1n) is 13.7. The second-order valence-corrected chi connectivity index (χ2v) is 9.75. The van der Waals surface area contributed by atoms with E-state index in [0.29, 0.717) is 5.92 Å². The van der Waals surface area contributed by atoms with Crippen LogP contribution in [0.1, 0.15) is 123 Å². The Hall–Kier alpha value is -1.22. The standard InChI is InChI=1S/C29H53NO2/c1-5-6-7-8-9-10-11-12-13-14-15-16-17-18-23-30-25-27-20-19-21-28(31-4)29(27)32-24-22-26(2)3/h19-21,26,30H,5-18,22-25H2,1-4H3. The maximum absolute atomic E-state index is 6.08. The molecule has 0 saturated carbocycles. The predicted octanol–water partition coefficient (Wildman–Crippen LogP) is 8.69. The highest BCUT2D eigenvalue weighted by Gasteiger charge is 2.10. The van der Waals surface area contributed by atoms with E-state index in [1.165, 1.54) is 95.5 Å². The minimum atomic E-state index is 0.645. The number of rotatable bonds is 22. The molecule has 3 heteroatoms. The summed E-state index contributed by atoms with van der Waals surface area (Å²) in [5.74, 6) is 2.39. The van der Waals surface area contributed by atoms with Crippen molar-refractivity contribution >= 4 is 0 Å². The van der Waals surface area contributed by atoms with E-state index in [1.54, 1.807) is 7.11 Å². The number of hydrogen-bond donors (Lipinski definition) is 1. The number of nitrogens with one attached hydrogen (secondary N) is 1. The van der Waals surface area contributed by atoms with Crippen LogP contribution in [0.5, 0.6) is 11.5 Å². The van der Waals surface area contributed by atoms with Gasteiger partial charge >= 0.3 is 0 Å². The third-order valence-electron chi connectivity index (χ3n) is 6.24. The fourth-order valence-electron chi connectivity index (χ4n) is 4.09. The zero-order valence-corrected chi connectivity index (χ0v) is 21.9. The molecule has 1 rings (SSSR count). The minimum absolute atomic E-state index is 0.645. The summed E-state index contributed by atoms with van der Waals surface area (Å²) >= 11 is 0. The third-order valence-corrected chi connectivity index (χ3v) is 6.24. The summed E-state index contributed by atoms with van der Waals surface area (Å²) in [6.07, 6.45) is 20.7. The molecule has 0 atom stereocenters. The van der Waals surface area contributed by atoms with Crippen molar-refractivity contribution in [2.45, 2.75) is 124 Å². The number of para-hydroxylation sites is 1. The predicted molar refractivity (Wildman–Crippen MR) is 140 cm³/mol. The average molecular weight is 448 g/mol. The first-order chi connectivity index (χ1) is 15.7. The van der Waals surface area contributed by atoms with E-state index in [4.69, 9.17) is 9.47 Å². The van der Waals surface area contributed by atoms with Crippen LogP contribution in [0.2, 0.25) is 0 Å². The molecule has 0 spiro atoms. The highest BCUT2D eigenvalue weighted by molar-refractivity contribution is 5.46. The van der Waals surface area contributed by atoms with Gasteiger partial charge in [-0.25, -0.2) is 0 Å². The molecule has 1 aromatic rings. The molecule has 0 aliphatic heterocycles. The zero-order valence-electron chi connectivity index (χ0n) is 21.9. The topological polar surface area (TPSA) is 30.5 Å².